The summed E-state index contributed by atoms with van der Waals surface area (Å²) in [7, 11) is 3.42. The number of rotatable bonds is 6. The Morgan fingerprint density at radius 1 is 1.40 bits per heavy atom. The van der Waals surface area contributed by atoms with E-state index in [-0.39, 0.29) is 0 Å². The molecule has 2 nitrogen and oxygen atoms in total. The van der Waals surface area contributed by atoms with Crippen LogP contribution in [-0.4, -0.2) is 19.2 Å². The van der Waals surface area contributed by atoms with E-state index in [1.807, 2.05) is 19.2 Å². The molecule has 0 aliphatic rings. The maximum absolute atomic E-state index is 5.04. The van der Waals surface area contributed by atoms with Crippen LogP contribution in [0.5, 0.6) is 0 Å². The summed E-state index contributed by atoms with van der Waals surface area (Å²) >= 11 is 0. The Labute approximate surface area is 93.2 Å². The van der Waals surface area contributed by atoms with Gasteiger partial charge in [0.15, 0.2) is 0 Å². The second-order valence-corrected chi connectivity index (χ2v) is 3.58. The molecule has 0 saturated carbocycles. The van der Waals surface area contributed by atoms with Gasteiger partial charge in [0, 0.05) is 7.05 Å². The van der Waals surface area contributed by atoms with Gasteiger partial charge < -0.3 is 0 Å². The quantitative estimate of drug-likeness (QED) is 0.489. The SMILES string of the molecule is C=C/C(=C\C=C/C(C)C)C(=C)N(C)OC. The monoisotopic (exact) mass is 207 g/mol. The van der Waals surface area contributed by atoms with Crippen LogP contribution in [-0.2, 0) is 4.84 Å². The molecule has 0 atom stereocenters. The second kappa shape index (κ2) is 7.07. The number of hydrogen-bond acceptors (Lipinski definition) is 2. The van der Waals surface area contributed by atoms with Crippen molar-refractivity contribution in [1.29, 1.82) is 0 Å². The van der Waals surface area contributed by atoms with E-state index in [2.05, 4.69) is 33.1 Å². The molecule has 0 heterocycles. The van der Waals surface area contributed by atoms with Gasteiger partial charge in [-0.1, -0.05) is 51.3 Å². The zero-order valence-corrected chi connectivity index (χ0v) is 10.2. The highest BCUT2D eigenvalue weighted by Crippen LogP contribution is 2.12. The third kappa shape index (κ3) is 5.23. The van der Waals surface area contributed by atoms with Gasteiger partial charge in [-0.15, -0.1) is 0 Å². The highest BCUT2D eigenvalue weighted by molar-refractivity contribution is 5.37. The van der Waals surface area contributed by atoms with Crippen molar-refractivity contribution in [1.82, 2.24) is 5.06 Å². The van der Waals surface area contributed by atoms with Crippen LogP contribution < -0.4 is 0 Å². The molecule has 0 aromatic heterocycles. The van der Waals surface area contributed by atoms with Crippen LogP contribution in [0.1, 0.15) is 13.8 Å². The van der Waals surface area contributed by atoms with Gasteiger partial charge in [-0.3, -0.25) is 9.90 Å². The molecule has 15 heavy (non-hydrogen) atoms. The lowest BCUT2D eigenvalue weighted by atomic mass is 10.1. The summed E-state index contributed by atoms with van der Waals surface area (Å²) < 4.78 is 0. The summed E-state index contributed by atoms with van der Waals surface area (Å²) in [5, 5.41) is 1.61. The van der Waals surface area contributed by atoms with E-state index in [0.29, 0.717) is 5.92 Å². The van der Waals surface area contributed by atoms with E-state index >= 15 is 0 Å². The van der Waals surface area contributed by atoms with Crippen LogP contribution in [0, 0.1) is 5.92 Å². The van der Waals surface area contributed by atoms with Crippen LogP contribution in [0.25, 0.3) is 0 Å². The highest BCUT2D eigenvalue weighted by Gasteiger charge is 2.02. The minimum atomic E-state index is 0.542. The van der Waals surface area contributed by atoms with Crippen molar-refractivity contribution < 1.29 is 4.84 Å². The zero-order chi connectivity index (χ0) is 11.8. The third-order valence-corrected chi connectivity index (χ3v) is 1.98. The van der Waals surface area contributed by atoms with Crippen molar-refractivity contribution >= 4 is 0 Å². The molecule has 0 amide bonds. The maximum atomic E-state index is 5.04. The molecule has 0 rings (SSSR count). The Bertz CT molecular complexity index is 274. The van der Waals surface area contributed by atoms with Gasteiger partial charge >= 0.3 is 0 Å². The highest BCUT2D eigenvalue weighted by atomic mass is 16.7. The zero-order valence-electron chi connectivity index (χ0n) is 10.2. The number of likely N-dealkylation sites (N-methyl/N-ethyl adjacent to an activating group) is 1. The Balaban J connectivity index is 4.61. The average molecular weight is 207 g/mol. The second-order valence-electron chi connectivity index (χ2n) is 3.58. The van der Waals surface area contributed by atoms with Gasteiger partial charge in [0.05, 0.1) is 12.8 Å². The topological polar surface area (TPSA) is 12.5 Å². The van der Waals surface area contributed by atoms with Crippen molar-refractivity contribution in [3.63, 3.8) is 0 Å². The summed E-state index contributed by atoms with van der Waals surface area (Å²) in [5.74, 6) is 0.542. The Morgan fingerprint density at radius 3 is 2.40 bits per heavy atom. The summed E-state index contributed by atoms with van der Waals surface area (Å²) in [6.07, 6.45) is 7.87. The van der Waals surface area contributed by atoms with Crippen LogP contribution >= 0.6 is 0 Å². The first kappa shape index (κ1) is 13.7. The normalized spacial score (nSPS) is 12.2. The molecule has 0 aromatic rings. The van der Waals surface area contributed by atoms with Gasteiger partial charge in [-0.25, -0.2) is 0 Å². The molecular weight excluding hydrogens is 186 g/mol. The van der Waals surface area contributed by atoms with E-state index in [4.69, 9.17) is 4.84 Å². The molecule has 0 aliphatic carbocycles. The molecule has 0 fully saturated rings. The lowest BCUT2D eigenvalue weighted by Crippen LogP contribution is -2.15. The number of nitrogens with zero attached hydrogens (tertiary/aromatic N) is 1. The van der Waals surface area contributed by atoms with Gasteiger partial charge in [-0.05, 0) is 11.5 Å². The van der Waals surface area contributed by atoms with Crippen molar-refractivity contribution in [3.05, 3.63) is 48.7 Å². The fraction of sp³-hybridized carbons (Fsp3) is 0.385. The van der Waals surface area contributed by atoms with E-state index in [9.17, 15) is 0 Å². The van der Waals surface area contributed by atoms with Crippen molar-refractivity contribution in [2.24, 2.45) is 5.92 Å². The van der Waals surface area contributed by atoms with Crippen LogP contribution in [0.3, 0.4) is 0 Å². The Hall–Kier alpha value is -1.28. The summed E-state index contributed by atoms with van der Waals surface area (Å²) in [6.45, 7) is 11.9. The maximum Gasteiger partial charge on any atom is 0.0638 e. The molecule has 0 radical (unpaired) electrons. The van der Waals surface area contributed by atoms with Crippen molar-refractivity contribution in [3.8, 4) is 0 Å². The summed E-state index contributed by atoms with van der Waals surface area (Å²) in [4.78, 5) is 5.04. The van der Waals surface area contributed by atoms with Crippen LogP contribution in [0.2, 0.25) is 0 Å². The molecule has 84 valence electrons. The molecule has 0 aliphatic heterocycles. The van der Waals surface area contributed by atoms with Crippen molar-refractivity contribution in [2.45, 2.75) is 13.8 Å². The molecule has 2 heteroatoms. The lowest BCUT2D eigenvalue weighted by Gasteiger charge is -2.18. The average Bonchev–Trinajstić information content (AvgIpc) is 2.22. The largest absolute Gasteiger partial charge is 0.277 e. The number of hydrogen-bond donors (Lipinski definition) is 0. The molecule has 0 aromatic carbocycles. The standard InChI is InChI=1S/C13H21NO/c1-7-13(10-8-9-11(2)3)12(4)14(5)15-6/h7-11H,1,4H2,2-3,5-6H3/b9-8-,13-10+. The van der Waals surface area contributed by atoms with E-state index in [1.54, 1.807) is 18.2 Å². The van der Waals surface area contributed by atoms with Gasteiger partial charge in [0.25, 0.3) is 0 Å². The third-order valence-electron chi connectivity index (χ3n) is 1.98. The van der Waals surface area contributed by atoms with E-state index in [1.165, 1.54) is 0 Å². The Morgan fingerprint density at radius 2 is 2.00 bits per heavy atom. The Kier molecular flexibility index (Phi) is 6.47. The molecule has 0 N–H and O–H groups in total. The number of allylic oxidation sites excluding steroid dienone is 4. The van der Waals surface area contributed by atoms with E-state index < -0.39 is 0 Å². The predicted octanol–water partition coefficient (Wildman–Crippen LogP) is 3.32. The van der Waals surface area contributed by atoms with Gasteiger partial charge in [0.1, 0.15) is 0 Å². The van der Waals surface area contributed by atoms with Crippen molar-refractivity contribution in [2.75, 3.05) is 14.2 Å². The fourth-order valence-corrected chi connectivity index (χ4v) is 0.955. The molecular formula is C13H21NO. The molecule has 0 spiro atoms. The summed E-state index contributed by atoms with van der Waals surface area (Å²) in [6, 6.07) is 0. The lowest BCUT2D eigenvalue weighted by molar-refractivity contribution is -0.0740. The van der Waals surface area contributed by atoms with Gasteiger partial charge in [0.2, 0.25) is 0 Å². The fourth-order valence-electron chi connectivity index (χ4n) is 0.955. The minimum Gasteiger partial charge on any atom is -0.277 e. The first-order valence-electron chi connectivity index (χ1n) is 5.01. The molecule has 0 unspecified atom stereocenters. The molecule has 0 saturated heterocycles. The van der Waals surface area contributed by atoms with E-state index in [0.717, 1.165) is 11.3 Å². The smallest absolute Gasteiger partial charge is 0.0638 e. The van der Waals surface area contributed by atoms with Gasteiger partial charge in [-0.2, -0.15) is 0 Å². The first-order chi connectivity index (χ1) is 7.02. The van der Waals surface area contributed by atoms with Crippen LogP contribution in [0.15, 0.2) is 48.7 Å². The predicted molar refractivity (Wildman–Crippen MR) is 66.2 cm³/mol. The minimum absolute atomic E-state index is 0.542. The molecule has 0 bridgehead atoms. The van der Waals surface area contributed by atoms with Crippen LogP contribution in [0.4, 0.5) is 0 Å². The number of hydroxylamine groups is 2. The summed E-state index contributed by atoms with van der Waals surface area (Å²) in [5.41, 5.74) is 1.75. The first-order valence-corrected chi connectivity index (χ1v) is 5.01.